The Hall–Kier alpha value is -3.49. The second-order valence-corrected chi connectivity index (χ2v) is 6.24. The highest BCUT2D eigenvalue weighted by atomic mass is 16.4. The van der Waals surface area contributed by atoms with E-state index >= 15 is 0 Å². The minimum atomic E-state index is -1.82. The van der Waals surface area contributed by atoms with Crippen LogP contribution >= 0.6 is 0 Å². The molecule has 9 nitrogen and oxygen atoms in total. The lowest BCUT2D eigenvalue weighted by Crippen LogP contribution is -2.32. The summed E-state index contributed by atoms with van der Waals surface area (Å²) in [7, 11) is 0. The lowest BCUT2D eigenvalue weighted by atomic mass is 9.98. The van der Waals surface area contributed by atoms with Crippen LogP contribution in [0.15, 0.2) is 49.1 Å². The lowest BCUT2D eigenvalue weighted by Gasteiger charge is -2.15. The van der Waals surface area contributed by atoms with E-state index in [9.17, 15) is 9.59 Å². The van der Waals surface area contributed by atoms with Gasteiger partial charge in [-0.15, -0.1) is 0 Å². The molecule has 1 unspecified atom stereocenters. The highest BCUT2D eigenvalue weighted by Crippen LogP contribution is 2.23. The summed E-state index contributed by atoms with van der Waals surface area (Å²) >= 11 is 0. The van der Waals surface area contributed by atoms with Crippen LogP contribution in [0.4, 0.5) is 0 Å². The third-order valence-electron chi connectivity index (χ3n) is 4.20. The minimum Gasteiger partial charge on any atom is -0.473 e. The SMILES string of the molecule is O=C(O)C(=O)O.O=C1CC(Cc2ccccc2)C(=O)N1CCCn1ccnc1. The average Bonchev–Trinajstić information content (AvgIpc) is 3.27. The highest BCUT2D eigenvalue weighted by Gasteiger charge is 2.37. The number of nitrogens with zero attached hydrogens (tertiary/aromatic N) is 3. The van der Waals surface area contributed by atoms with E-state index in [-0.39, 0.29) is 17.7 Å². The molecule has 0 saturated carbocycles. The summed E-state index contributed by atoms with van der Waals surface area (Å²) in [5.74, 6) is -3.93. The molecule has 2 N–H and O–H groups in total. The van der Waals surface area contributed by atoms with Crippen LogP contribution in [0.1, 0.15) is 18.4 Å². The molecule has 148 valence electrons. The Morgan fingerprint density at radius 1 is 1.07 bits per heavy atom. The Bertz CT molecular complexity index is 807. The van der Waals surface area contributed by atoms with Crippen LogP contribution in [0.25, 0.3) is 0 Å². The molecule has 2 aromatic rings. The molecule has 1 saturated heterocycles. The predicted molar refractivity (Wildman–Crippen MR) is 97.1 cm³/mol. The maximum atomic E-state index is 12.4. The molecule has 0 aliphatic carbocycles. The molecule has 3 rings (SSSR count). The van der Waals surface area contributed by atoms with Crippen LogP contribution in [0.5, 0.6) is 0 Å². The van der Waals surface area contributed by atoms with Crippen molar-refractivity contribution in [2.45, 2.75) is 25.8 Å². The predicted octanol–water partition coefficient (Wildman–Crippen LogP) is 1.05. The van der Waals surface area contributed by atoms with Gasteiger partial charge in [-0.1, -0.05) is 30.3 Å². The van der Waals surface area contributed by atoms with E-state index in [1.165, 1.54) is 4.90 Å². The number of benzene rings is 1. The number of imidazole rings is 1. The van der Waals surface area contributed by atoms with Gasteiger partial charge in [0.1, 0.15) is 0 Å². The van der Waals surface area contributed by atoms with Crippen LogP contribution in [0, 0.1) is 5.92 Å². The van der Waals surface area contributed by atoms with Crippen molar-refractivity contribution in [1.82, 2.24) is 14.5 Å². The number of rotatable bonds is 6. The smallest absolute Gasteiger partial charge is 0.414 e. The van der Waals surface area contributed by atoms with Crippen LogP contribution < -0.4 is 0 Å². The molecule has 1 aromatic heterocycles. The summed E-state index contributed by atoms with van der Waals surface area (Å²) in [6.45, 7) is 1.25. The topological polar surface area (TPSA) is 130 Å². The molecule has 9 heteroatoms. The Balaban J connectivity index is 0.000000409. The van der Waals surface area contributed by atoms with Gasteiger partial charge in [0.25, 0.3) is 0 Å². The summed E-state index contributed by atoms with van der Waals surface area (Å²) in [6, 6.07) is 9.87. The molecule has 0 spiro atoms. The molecule has 28 heavy (non-hydrogen) atoms. The van der Waals surface area contributed by atoms with Crippen molar-refractivity contribution >= 4 is 23.8 Å². The van der Waals surface area contributed by atoms with E-state index in [4.69, 9.17) is 19.8 Å². The number of aryl methyl sites for hydroxylation is 1. The Kier molecular flexibility index (Phi) is 7.44. The molecular formula is C19H21N3O6. The first-order valence-corrected chi connectivity index (χ1v) is 8.68. The van der Waals surface area contributed by atoms with Crippen molar-refractivity contribution in [3.63, 3.8) is 0 Å². The van der Waals surface area contributed by atoms with Gasteiger partial charge in [-0.3, -0.25) is 14.5 Å². The number of carbonyl (C=O) groups excluding carboxylic acids is 2. The third-order valence-corrected chi connectivity index (χ3v) is 4.20. The standard InChI is InChI=1S/C17H19N3O2.C2H2O4/c21-16-12-15(11-14-5-2-1-3-6-14)17(22)20(16)9-4-8-19-10-7-18-13-19;3-1(4)2(5)6/h1-3,5-7,10,13,15H,4,8-9,11-12H2;(H,3,4)(H,5,6). The first-order valence-electron chi connectivity index (χ1n) is 8.68. The zero-order valence-electron chi connectivity index (χ0n) is 15.1. The van der Waals surface area contributed by atoms with Crippen molar-refractivity contribution in [2.24, 2.45) is 5.92 Å². The number of hydrogen-bond donors (Lipinski definition) is 2. The fourth-order valence-corrected chi connectivity index (χ4v) is 2.87. The van der Waals surface area contributed by atoms with Gasteiger partial charge in [0, 0.05) is 31.9 Å². The molecular weight excluding hydrogens is 366 g/mol. The van der Waals surface area contributed by atoms with Crippen LogP contribution in [0.2, 0.25) is 0 Å². The van der Waals surface area contributed by atoms with Gasteiger partial charge in [-0.2, -0.15) is 0 Å². The molecule has 2 heterocycles. The zero-order chi connectivity index (χ0) is 20.5. The Morgan fingerprint density at radius 2 is 1.75 bits per heavy atom. The number of aliphatic carboxylic acids is 2. The number of hydrogen-bond acceptors (Lipinski definition) is 5. The largest absolute Gasteiger partial charge is 0.473 e. The molecule has 0 radical (unpaired) electrons. The monoisotopic (exact) mass is 387 g/mol. The quantitative estimate of drug-likeness (QED) is 0.559. The van der Waals surface area contributed by atoms with Crippen molar-refractivity contribution in [2.75, 3.05) is 6.54 Å². The van der Waals surface area contributed by atoms with E-state index in [1.54, 1.807) is 12.5 Å². The molecule has 0 bridgehead atoms. The summed E-state index contributed by atoms with van der Waals surface area (Å²) in [6.07, 6.45) is 7.08. The third kappa shape index (κ3) is 6.04. The first kappa shape index (κ1) is 20.8. The summed E-state index contributed by atoms with van der Waals surface area (Å²) in [4.78, 5) is 48.1. The van der Waals surface area contributed by atoms with Gasteiger partial charge in [0.2, 0.25) is 11.8 Å². The van der Waals surface area contributed by atoms with Gasteiger partial charge < -0.3 is 14.8 Å². The molecule has 1 aliphatic heterocycles. The minimum absolute atomic E-state index is 0.0283. The fourth-order valence-electron chi connectivity index (χ4n) is 2.87. The Morgan fingerprint density at radius 3 is 2.32 bits per heavy atom. The zero-order valence-corrected chi connectivity index (χ0v) is 15.1. The summed E-state index contributed by atoms with van der Waals surface area (Å²) in [5, 5.41) is 14.8. The lowest BCUT2D eigenvalue weighted by molar-refractivity contribution is -0.159. The first-order chi connectivity index (χ1) is 13.4. The number of amides is 2. The van der Waals surface area contributed by atoms with Crippen molar-refractivity contribution in [3.8, 4) is 0 Å². The van der Waals surface area contributed by atoms with Crippen molar-refractivity contribution < 1.29 is 29.4 Å². The normalized spacial score (nSPS) is 15.9. The highest BCUT2D eigenvalue weighted by molar-refractivity contribution is 6.27. The fraction of sp³-hybridized carbons (Fsp3) is 0.316. The molecule has 2 amide bonds. The number of imide groups is 1. The molecule has 1 aliphatic rings. The number of carboxylic acid groups (broad SMARTS) is 2. The van der Waals surface area contributed by atoms with Gasteiger partial charge >= 0.3 is 11.9 Å². The maximum absolute atomic E-state index is 12.4. The Labute approximate surface area is 161 Å². The molecule has 1 aromatic carbocycles. The van der Waals surface area contributed by atoms with Gasteiger partial charge in [0.05, 0.1) is 12.2 Å². The van der Waals surface area contributed by atoms with E-state index in [0.717, 1.165) is 18.5 Å². The summed E-state index contributed by atoms with van der Waals surface area (Å²) < 4.78 is 1.95. The van der Waals surface area contributed by atoms with Crippen molar-refractivity contribution in [3.05, 3.63) is 54.6 Å². The number of carbonyl (C=O) groups is 4. The number of aromatic nitrogens is 2. The van der Waals surface area contributed by atoms with Gasteiger partial charge in [0.15, 0.2) is 0 Å². The van der Waals surface area contributed by atoms with Crippen LogP contribution in [-0.2, 0) is 32.1 Å². The number of likely N-dealkylation sites (tertiary alicyclic amines) is 1. The van der Waals surface area contributed by atoms with Gasteiger partial charge in [-0.05, 0) is 18.4 Å². The van der Waals surface area contributed by atoms with E-state index in [2.05, 4.69) is 4.98 Å². The van der Waals surface area contributed by atoms with Gasteiger partial charge in [-0.25, -0.2) is 14.6 Å². The van der Waals surface area contributed by atoms with E-state index in [1.807, 2.05) is 41.1 Å². The molecule has 1 fully saturated rings. The average molecular weight is 387 g/mol. The maximum Gasteiger partial charge on any atom is 0.414 e. The van der Waals surface area contributed by atoms with Crippen LogP contribution in [-0.4, -0.2) is 55.0 Å². The second-order valence-electron chi connectivity index (χ2n) is 6.24. The van der Waals surface area contributed by atoms with E-state index in [0.29, 0.717) is 19.4 Å². The molecule has 1 atom stereocenters. The number of carboxylic acids is 2. The second kappa shape index (κ2) is 10.0. The summed E-state index contributed by atoms with van der Waals surface area (Å²) in [5.41, 5.74) is 1.11. The van der Waals surface area contributed by atoms with E-state index < -0.39 is 11.9 Å². The van der Waals surface area contributed by atoms with Crippen LogP contribution in [0.3, 0.4) is 0 Å². The van der Waals surface area contributed by atoms with Crippen molar-refractivity contribution in [1.29, 1.82) is 0 Å².